The van der Waals surface area contributed by atoms with Gasteiger partial charge in [-0.1, -0.05) is 65.9 Å². The minimum atomic E-state index is -0.864. The Morgan fingerprint density at radius 3 is 2.59 bits per heavy atom. The molecule has 10 nitrogen and oxygen atoms in total. The SMILES string of the molecule is CCOC(=O)C1=C(c2ccccc2)N=c2s/c(=C\c3ccc(-c4ccccc4[N+](=O)[O-])o3)c(=O)n2C1c1cccc(OC)c1. The van der Waals surface area contributed by atoms with Crippen LogP contribution < -0.4 is 19.6 Å². The number of thiazole rings is 1. The standard InChI is InChI=1S/C33H25N3O7S/c1-3-42-32(38)28-29(20-10-5-4-6-11-20)34-33-35(30(28)21-12-9-13-22(18-21)41-2)31(37)27(44-33)19-23-16-17-26(43-23)24-14-7-8-15-25(24)36(39)40/h4-19,30H,3H2,1-2H3/b27-19-. The lowest BCUT2D eigenvalue weighted by Crippen LogP contribution is -2.40. The summed E-state index contributed by atoms with van der Waals surface area (Å²) in [5, 5.41) is 11.5. The number of hydrogen-bond acceptors (Lipinski definition) is 9. The van der Waals surface area contributed by atoms with Crippen molar-refractivity contribution in [2.75, 3.05) is 13.7 Å². The highest BCUT2D eigenvalue weighted by Crippen LogP contribution is 2.36. The predicted octanol–water partition coefficient (Wildman–Crippen LogP) is 5.11. The third kappa shape index (κ3) is 5.25. The molecule has 1 unspecified atom stereocenters. The first-order valence-corrected chi connectivity index (χ1v) is 14.5. The second-order valence-corrected chi connectivity index (χ2v) is 10.7. The quantitative estimate of drug-likeness (QED) is 0.136. The average Bonchev–Trinajstić information content (AvgIpc) is 3.64. The van der Waals surface area contributed by atoms with Crippen LogP contribution >= 0.6 is 11.3 Å². The van der Waals surface area contributed by atoms with Gasteiger partial charge < -0.3 is 13.9 Å². The Kier molecular flexibility index (Phi) is 7.78. The molecule has 1 aliphatic rings. The van der Waals surface area contributed by atoms with Gasteiger partial charge in [0.05, 0.1) is 46.0 Å². The van der Waals surface area contributed by atoms with Crippen molar-refractivity contribution in [2.45, 2.75) is 13.0 Å². The van der Waals surface area contributed by atoms with Gasteiger partial charge in [-0.3, -0.25) is 19.5 Å². The molecular formula is C33H25N3O7S. The highest BCUT2D eigenvalue weighted by Gasteiger charge is 2.35. The van der Waals surface area contributed by atoms with E-state index in [9.17, 15) is 19.7 Å². The molecule has 2 aromatic heterocycles. The monoisotopic (exact) mass is 607 g/mol. The maximum atomic E-state index is 14.1. The number of carbonyl (C=O) groups is 1. The number of nitrogens with zero attached hydrogens (tertiary/aromatic N) is 3. The molecule has 0 bridgehead atoms. The number of furan rings is 1. The zero-order valence-electron chi connectivity index (χ0n) is 23.6. The number of carbonyl (C=O) groups excluding carboxylic acids is 1. The van der Waals surface area contributed by atoms with Gasteiger partial charge in [0.25, 0.3) is 11.2 Å². The van der Waals surface area contributed by atoms with Crippen LogP contribution in [0.25, 0.3) is 23.1 Å². The van der Waals surface area contributed by atoms with Gasteiger partial charge in [-0.05, 0) is 42.8 Å². The zero-order valence-corrected chi connectivity index (χ0v) is 24.4. The van der Waals surface area contributed by atoms with Crippen LogP contribution in [-0.2, 0) is 9.53 Å². The van der Waals surface area contributed by atoms with Crippen molar-refractivity contribution < 1.29 is 23.6 Å². The van der Waals surface area contributed by atoms with E-state index in [4.69, 9.17) is 18.9 Å². The molecular weight excluding hydrogens is 582 g/mol. The molecule has 11 heteroatoms. The number of nitro benzene ring substituents is 1. The Labute approximate surface area is 254 Å². The van der Waals surface area contributed by atoms with Crippen LogP contribution in [0.2, 0.25) is 0 Å². The number of esters is 1. The number of nitro groups is 1. The smallest absolute Gasteiger partial charge is 0.338 e. The number of hydrogen-bond donors (Lipinski definition) is 0. The van der Waals surface area contributed by atoms with Crippen LogP contribution in [-0.4, -0.2) is 29.2 Å². The van der Waals surface area contributed by atoms with E-state index < -0.39 is 16.9 Å². The summed E-state index contributed by atoms with van der Waals surface area (Å²) >= 11 is 1.15. The molecule has 5 aromatic rings. The van der Waals surface area contributed by atoms with E-state index in [1.54, 1.807) is 68.6 Å². The van der Waals surface area contributed by atoms with E-state index in [1.165, 1.54) is 10.6 Å². The first-order chi connectivity index (χ1) is 21.4. The summed E-state index contributed by atoms with van der Waals surface area (Å²) in [6, 6.07) is 25.1. The van der Waals surface area contributed by atoms with Crippen molar-refractivity contribution >= 4 is 34.8 Å². The van der Waals surface area contributed by atoms with Gasteiger partial charge in [0, 0.05) is 17.7 Å². The van der Waals surface area contributed by atoms with E-state index in [0.29, 0.717) is 49.0 Å². The van der Waals surface area contributed by atoms with Crippen molar-refractivity contribution in [3.8, 4) is 17.1 Å². The molecule has 0 radical (unpaired) electrons. The molecule has 3 aromatic carbocycles. The summed E-state index contributed by atoms with van der Waals surface area (Å²) in [5.41, 5.74) is 1.80. The summed E-state index contributed by atoms with van der Waals surface area (Å²) in [4.78, 5) is 44.0. The number of para-hydroxylation sites is 1. The maximum Gasteiger partial charge on any atom is 0.338 e. The highest BCUT2D eigenvalue weighted by molar-refractivity contribution is 7.07. The minimum Gasteiger partial charge on any atom is -0.497 e. The average molecular weight is 608 g/mol. The normalized spacial score (nSPS) is 14.6. The maximum absolute atomic E-state index is 14.1. The fourth-order valence-corrected chi connectivity index (χ4v) is 6.09. The molecule has 0 spiro atoms. The Morgan fingerprint density at radius 1 is 1.07 bits per heavy atom. The van der Waals surface area contributed by atoms with Gasteiger partial charge in [0.15, 0.2) is 4.80 Å². The topological polar surface area (TPSA) is 126 Å². The third-order valence-electron chi connectivity index (χ3n) is 7.05. The molecule has 0 fully saturated rings. The van der Waals surface area contributed by atoms with Gasteiger partial charge >= 0.3 is 5.97 Å². The number of benzene rings is 3. The van der Waals surface area contributed by atoms with E-state index in [1.807, 2.05) is 36.4 Å². The van der Waals surface area contributed by atoms with Gasteiger partial charge in [-0.2, -0.15) is 0 Å². The molecule has 1 aliphatic heterocycles. The van der Waals surface area contributed by atoms with Crippen molar-refractivity contribution in [1.82, 2.24) is 4.57 Å². The molecule has 0 aliphatic carbocycles. The largest absolute Gasteiger partial charge is 0.497 e. The van der Waals surface area contributed by atoms with E-state index in [-0.39, 0.29) is 23.4 Å². The molecule has 44 heavy (non-hydrogen) atoms. The van der Waals surface area contributed by atoms with Crippen LogP contribution in [0.15, 0.2) is 111 Å². The molecule has 220 valence electrons. The zero-order chi connectivity index (χ0) is 30.8. The molecule has 3 heterocycles. The summed E-state index contributed by atoms with van der Waals surface area (Å²) in [5.74, 6) is 0.595. The predicted molar refractivity (Wildman–Crippen MR) is 165 cm³/mol. The molecule has 6 rings (SSSR count). The Morgan fingerprint density at radius 2 is 1.84 bits per heavy atom. The van der Waals surface area contributed by atoms with Crippen LogP contribution in [0.1, 0.15) is 29.9 Å². The van der Waals surface area contributed by atoms with Gasteiger partial charge in [0.2, 0.25) is 0 Å². The Hall–Kier alpha value is -5.55. The number of methoxy groups -OCH3 is 1. The van der Waals surface area contributed by atoms with Crippen LogP contribution in [0.5, 0.6) is 5.75 Å². The summed E-state index contributed by atoms with van der Waals surface area (Å²) in [6.07, 6.45) is 1.57. The van der Waals surface area contributed by atoms with Gasteiger partial charge in [-0.25, -0.2) is 9.79 Å². The molecule has 0 saturated heterocycles. The number of rotatable bonds is 8. The van der Waals surface area contributed by atoms with E-state index in [0.717, 1.165) is 11.3 Å². The lowest BCUT2D eigenvalue weighted by atomic mass is 9.93. The van der Waals surface area contributed by atoms with Crippen molar-refractivity contribution in [2.24, 2.45) is 4.99 Å². The van der Waals surface area contributed by atoms with Crippen LogP contribution in [0.3, 0.4) is 0 Å². The first-order valence-electron chi connectivity index (χ1n) is 13.7. The lowest BCUT2D eigenvalue weighted by molar-refractivity contribution is -0.384. The van der Waals surface area contributed by atoms with Crippen molar-refractivity contribution in [3.63, 3.8) is 0 Å². The van der Waals surface area contributed by atoms with Crippen LogP contribution in [0, 0.1) is 10.1 Å². The lowest BCUT2D eigenvalue weighted by Gasteiger charge is -2.26. The summed E-state index contributed by atoms with van der Waals surface area (Å²) in [7, 11) is 1.55. The summed E-state index contributed by atoms with van der Waals surface area (Å²) < 4.78 is 18.7. The van der Waals surface area contributed by atoms with Crippen molar-refractivity contribution in [1.29, 1.82) is 0 Å². The second-order valence-electron chi connectivity index (χ2n) is 9.68. The fourth-order valence-electron chi connectivity index (χ4n) is 5.11. The van der Waals surface area contributed by atoms with E-state index in [2.05, 4.69) is 0 Å². The van der Waals surface area contributed by atoms with Gasteiger partial charge in [-0.15, -0.1) is 0 Å². The molecule has 0 saturated carbocycles. The van der Waals surface area contributed by atoms with Crippen LogP contribution in [0.4, 0.5) is 5.69 Å². The minimum absolute atomic E-state index is 0.0917. The molecule has 0 N–H and O–H groups in total. The highest BCUT2D eigenvalue weighted by atomic mass is 32.1. The number of aromatic nitrogens is 1. The molecule has 0 amide bonds. The molecule has 1 atom stereocenters. The first kappa shape index (κ1) is 28.6. The number of ether oxygens (including phenoxy) is 2. The third-order valence-corrected chi connectivity index (χ3v) is 8.03. The Bertz CT molecular complexity index is 2110. The summed E-state index contributed by atoms with van der Waals surface area (Å²) in [6.45, 7) is 1.86. The second kappa shape index (κ2) is 12.0. The number of fused-ring (bicyclic) bond motifs is 1. The fraction of sp³-hybridized carbons (Fsp3) is 0.121. The van der Waals surface area contributed by atoms with Crippen molar-refractivity contribution in [3.05, 3.63) is 143 Å². The Balaban J connectivity index is 1.57. The van der Waals surface area contributed by atoms with E-state index >= 15 is 0 Å². The van der Waals surface area contributed by atoms with Gasteiger partial charge in [0.1, 0.15) is 17.3 Å².